The number of halogens is 1. The quantitative estimate of drug-likeness (QED) is 0.763. The van der Waals surface area contributed by atoms with Crippen LogP contribution in [-0.4, -0.2) is 5.11 Å². The van der Waals surface area contributed by atoms with Crippen LogP contribution in [0.15, 0.2) is 16.6 Å². The molecule has 1 aromatic carbocycles. The van der Waals surface area contributed by atoms with Crippen LogP contribution < -0.4 is 0 Å². The highest BCUT2D eigenvalue weighted by Crippen LogP contribution is 2.19. The number of hydrogen-bond acceptors (Lipinski definition) is 1. The lowest BCUT2D eigenvalue weighted by molar-refractivity contribution is 0.281. The molecule has 0 aromatic heterocycles. The van der Waals surface area contributed by atoms with Gasteiger partial charge < -0.3 is 5.11 Å². The normalized spacial score (nSPS) is 10.2. The van der Waals surface area contributed by atoms with E-state index in [2.05, 4.69) is 22.0 Å². The first-order valence-corrected chi connectivity index (χ1v) is 4.31. The maximum Gasteiger partial charge on any atom is 0.0684 e. The second-order valence-electron chi connectivity index (χ2n) is 2.66. The fraction of sp³-hybridized carbons (Fsp3) is 0.333. The third-order valence-corrected chi connectivity index (χ3v) is 2.37. The molecule has 0 amide bonds. The van der Waals surface area contributed by atoms with Crippen LogP contribution >= 0.6 is 15.9 Å². The van der Waals surface area contributed by atoms with Gasteiger partial charge in [0.2, 0.25) is 0 Å². The Kier molecular flexibility index (Phi) is 2.68. The molecular formula is C9H11BrO. The van der Waals surface area contributed by atoms with E-state index in [1.807, 2.05) is 19.9 Å². The summed E-state index contributed by atoms with van der Waals surface area (Å²) >= 11 is 3.38. The number of aliphatic hydroxyl groups excluding tert-OH is 1. The Labute approximate surface area is 75.2 Å². The summed E-state index contributed by atoms with van der Waals surface area (Å²) in [5.74, 6) is 0. The predicted octanol–water partition coefficient (Wildman–Crippen LogP) is 2.56. The highest BCUT2D eigenvalue weighted by molar-refractivity contribution is 9.10. The number of hydrogen-bond donors (Lipinski definition) is 1. The lowest BCUT2D eigenvalue weighted by Crippen LogP contribution is -1.91. The van der Waals surface area contributed by atoms with Crippen molar-refractivity contribution in [3.63, 3.8) is 0 Å². The third kappa shape index (κ3) is 1.82. The Bertz CT molecular complexity index is 269. The average molecular weight is 215 g/mol. The summed E-state index contributed by atoms with van der Waals surface area (Å²) in [6, 6.07) is 4.00. The van der Waals surface area contributed by atoms with Crippen molar-refractivity contribution in [2.45, 2.75) is 20.5 Å². The number of benzene rings is 1. The Hall–Kier alpha value is -0.340. The molecule has 2 heteroatoms. The highest BCUT2D eigenvalue weighted by atomic mass is 79.9. The van der Waals surface area contributed by atoms with Crippen molar-refractivity contribution in [2.24, 2.45) is 0 Å². The van der Waals surface area contributed by atoms with Crippen LogP contribution in [0.5, 0.6) is 0 Å². The van der Waals surface area contributed by atoms with Gasteiger partial charge in [-0.15, -0.1) is 0 Å². The zero-order valence-corrected chi connectivity index (χ0v) is 8.27. The monoisotopic (exact) mass is 214 g/mol. The lowest BCUT2D eigenvalue weighted by Gasteiger charge is -2.06. The van der Waals surface area contributed by atoms with Crippen LogP contribution in [0.25, 0.3) is 0 Å². The van der Waals surface area contributed by atoms with Gasteiger partial charge >= 0.3 is 0 Å². The van der Waals surface area contributed by atoms with Gasteiger partial charge in [0, 0.05) is 4.47 Å². The van der Waals surface area contributed by atoms with E-state index in [0.717, 1.165) is 10.0 Å². The van der Waals surface area contributed by atoms with Crippen LogP contribution in [0.2, 0.25) is 0 Å². The number of aliphatic hydroxyl groups is 1. The van der Waals surface area contributed by atoms with Crippen molar-refractivity contribution in [1.29, 1.82) is 0 Å². The van der Waals surface area contributed by atoms with Gasteiger partial charge in [0.05, 0.1) is 6.61 Å². The molecule has 0 bridgehead atoms. The second kappa shape index (κ2) is 3.37. The van der Waals surface area contributed by atoms with Crippen LogP contribution in [-0.2, 0) is 6.61 Å². The molecule has 0 aliphatic rings. The van der Waals surface area contributed by atoms with E-state index in [9.17, 15) is 0 Å². The summed E-state index contributed by atoms with van der Waals surface area (Å²) < 4.78 is 1.03. The first kappa shape index (κ1) is 8.75. The molecule has 1 rings (SSSR count). The second-order valence-corrected chi connectivity index (χ2v) is 3.58. The molecule has 0 unspecified atom stereocenters. The van der Waals surface area contributed by atoms with Gasteiger partial charge in [0.15, 0.2) is 0 Å². The summed E-state index contributed by atoms with van der Waals surface area (Å²) in [5.41, 5.74) is 3.39. The van der Waals surface area contributed by atoms with Crippen LogP contribution in [0.3, 0.4) is 0 Å². The van der Waals surface area contributed by atoms with E-state index in [-0.39, 0.29) is 6.61 Å². The van der Waals surface area contributed by atoms with E-state index in [4.69, 9.17) is 5.11 Å². The zero-order valence-electron chi connectivity index (χ0n) is 6.69. The molecule has 0 atom stereocenters. The predicted molar refractivity (Wildman–Crippen MR) is 49.5 cm³/mol. The minimum Gasteiger partial charge on any atom is -0.392 e. The molecule has 11 heavy (non-hydrogen) atoms. The molecule has 0 spiro atoms. The first-order valence-electron chi connectivity index (χ1n) is 3.51. The third-order valence-electron chi connectivity index (χ3n) is 1.91. The van der Waals surface area contributed by atoms with Gasteiger partial charge in [-0.2, -0.15) is 0 Å². The van der Waals surface area contributed by atoms with Crippen molar-refractivity contribution < 1.29 is 5.11 Å². The maximum absolute atomic E-state index is 8.95. The molecule has 0 heterocycles. The summed E-state index contributed by atoms with van der Waals surface area (Å²) in [4.78, 5) is 0. The van der Waals surface area contributed by atoms with Gasteiger partial charge in [-0.25, -0.2) is 0 Å². The summed E-state index contributed by atoms with van der Waals surface area (Å²) in [5, 5.41) is 8.95. The standard InChI is InChI=1S/C9H11BrO/c1-6-3-9(10)4-8(5-11)7(6)2/h3-4,11H,5H2,1-2H3. The number of aryl methyl sites for hydroxylation is 1. The van der Waals surface area contributed by atoms with Crippen molar-refractivity contribution in [1.82, 2.24) is 0 Å². The average Bonchev–Trinajstić information content (AvgIpc) is 1.96. The summed E-state index contributed by atoms with van der Waals surface area (Å²) in [7, 11) is 0. The largest absolute Gasteiger partial charge is 0.392 e. The number of rotatable bonds is 1. The van der Waals surface area contributed by atoms with Gasteiger partial charge in [-0.1, -0.05) is 15.9 Å². The minimum atomic E-state index is 0.117. The minimum absolute atomic E-state index is 0.117. The van der Waals surface area contributed by atoms with Crippen molar-refractivity contribution in [3.05, 3.63) is 33.3 Å². The highest BCUT2D eigenvalue weighted by Gasteiger charge is 2.00. The molecule has 1 N–H and O–H groups in total. The van der Waals surface area contributed by atoms with E-state index < -0.39 is 0 Å². The molecule has 0 radical (unpaired) electrons. The Morgan fingerprint density at radius 3 is 2.55 bits per heavy atom. The van der Waals surface area contributed by atoms with Gasteiger partial charge in [-0.05, 0) is 42.7 Å². The van der Waals surface area contributed by atoms with Crippen LogP contribution in [0.4, 0.5) is 0 Å². The van der Waals surface area contributed by atoms with E-state index in [0.29, 0.717) is 0 Å². The van der Waals surface area contributed by atoms with Gasteiger partial charge in [0.1, 0.15) is 0 Å². The van der Waals surface area contributed by atoms with Gasteiger partial charge in [0.25, 0.3) is 0 Å². The van der Waals surface area contributed by atoms with E-state index >= 15 is 0 Å². The van der Waals surface area contributed by atoms with Gasteiger partial charge in [-0.3, -0.25) is 0 Å². The Balaban J connectivity index is 3.24. The molecule has 1 nitrogen and oxygen atoms in total. The van der Waals surface area contributed by atoms with Crippen molar-refractivity contribution >= 4 is 15.9 Å². The smallest absolute Gasteiger partial charge is 0.0684 e. The fourth-order valence-electron chi connectivity index (χ4n) is 1.05. The summed E-state index contributed by atoms with van der Waals surface area (Å²) in [6.45, 7) is 4.18. The molecule has 60 valence electrons. The molecule has 0 saturated carbocycles. The van der Waals surface area contributed by atoms with Crippen LogP contribution in [0, 0.1) is 13.8 Å². The summed E-state index contributed by atoms with van der Waals surface area (Å²) in [6.07, 6.45) is 0. The first-order chi connectivity index (χ1) is 5.15. The molecule has 0 aliphatic heterocycles. The molecule has 0 saturated heterocycles. The Morgan fingerprint density at radius 1 is 1.36 bits per heavy atom. The fourth-order valence-corrected chi connectivity index (χ4v) is 1.67. The molecular weight excluding hydrogens is 204 g/mol. The van der Waals surface area contributed by atoms with Crippen molar-refractivity contribution in [2.75, 3.05) is 0 Å². The zero-order chi connectivity index (χ0) is 8.43. The topological polar surface area (TPSA) is 20.2 Å². The molecule has 0 aliphatic carbocycles. The molecule has 1 aromatic rings. The van der Waals surface area contributed by atoms with E-state index in [1.54, 1.807) is 0 Å². The van der Waals surface area contributed by atoms with Crippen LogP contribution in [0.1, 0.15) is 16.7 Å². The Morgan fingerprint density at radius 2 is 2.00 bits per heavy atom. The molecule has 0 fully saturated rings. The van der Waals surface area contributed by atoms with E-state index in [1.165, 1.54) is 11.1 Å². The van der Waals surface area contributed by atoms with Crippen molar-refractivity contribution in [3.8, 4) is 0 Å². The maximum atomic E-state index is 8.95. The lowest BCUT2D eigenvalue weighted by atomic mass is 10.0. The SMILES string of the molecule is Cc1cc(Br)cc(CO)c1C.